The number of amides is 1. The molecule has 0 saturated carbocycles. The van der Waals surface area contributed by atoms with Gasteiger partial charge in [0, 0.05) is 17.3 Å². The van der Waals surface area contributed by atoms with Gasteiger partial charge in [-0.05, 0) is 61.0 Å². The Kier molecular flexibility index (Phi) is 6.73. The highest BCUT2D eigenvalue weighted by molar-refractivity contribution is 6.51. The number of benzene rings is 3. The van der Waals surface area contributed by atoms with Gasteiger partial charge in [-0.2, -0.15) is 0 Å². The molecule has 1 saturated heterocycles. The Labute approximate surface area is 202 Å². The van der Waals surface area contributed by atoms with E-state index in [9.17, 15) is 19.1 Å². The smallest absolute Gasteiger partial charge is 0.300 e. The number of hydrogen-bond acceptors (Lipinski definition) is 6. The second kappa shape index (κ2) is 9.89. The van der Waals surface area contributed by atoms with Gasteiger partial charge in [0.05, 0.1) is 32.4 Å². The first-order valence-corrected chi connectivity index (χ1v) is 10.9. The van der Waals surface area contributed by atoms with Crippen molar-refractivity contribution in [2.45, 2.75) is 13.0 Å². The number of ketones is 1. The molecule has 7 nitrogen and oxygen atoms in total. The number of nitrogens with zero attached hydrogens (tertiary/aromatic N) is 1. The molecule has 0 spiro atoms. The van der Waals surface area contributed by atoms with E-state index in [0.717, 1.165) is 0 Å². The number of carbonyl (C=O) groups is 2. The molecular weight excluding hydrogens is 453 g/mol. The first kappa shape index (κ1) is 23.8. The van der Waals surface area contributed by atoms with Crippen LogP contribution >= 0.6 is 0 Å². The zero-order valence-electron chi connectivity index (χ0n) is 19.4. The van der Waals surface area contributed by atoms with Gasteiger partial charge in [-0.3, -0.25) is 14.5 Å². The van der Waals surface area contributed by atoms with Gasteiger partial charge in [0.25, 0.3) is 11.7 Å². The van der Waals surface area contributed by atoms with E-state index in [1.165, 1.54) is 43.4 Å². The molecule has 3 aromatic carbocycles. The number of aliphatic hydroxyl groups is 1. The van der Waals surface area contributed by atoms with E-state index in [1.807, 2.05) is 6.92 Å². The minimum Gasteiger partial charge on any atom is -0.507 e. The third-order valence-corrected chi connectivity index (χ3v) is 5.69. The van der Waals surface area contributed by atoms with Gasteiger partial charge in [0.1, 0.15) is 17.3 Å². The summed E-state index contributed by atoms with van der Waals surface area (Å²) in [4.78, 5) is 27.9. The van der Waals surface area contributed by atoms with Crippen molar-refractivity contribution >= 4 is 23.1 Å². The minimum absolute atomic E-state index is 0.129. The van der Waals surface area contributed by atoms with Crippen LogP contribution in [0, 0.1) is 5.82 Å². The van der Waals surface area contributed by atoms with E-state index in [-0.39, 0.29) is 11.1 Å². The van der Waals surface area contributed by atoms with Crippen molar-refractivity contribution in [3.8, 4) is 17.2 Å². The fourth-order valence-corrected chi connectivity index (χ4v) is 4.09. The topological polar surface area (TPSA) is 85.3 Å². The number of anilines is 1. The molecule has 1 aliphatic heterocycles. The zero-order chi connectivity index (χ0) is 25.1. The lowest BCUT2D eigenvalue weighted by molar-refractivity contribution is -0.132. The van der Waals surface area contributed by atoms with Crippen LogP contribution in [-0.4, -0.2) is 37.6 Å². The second-order valence-electron chi connectivity index (χ2n) is 7.72. The number of aliphatic hydroxyl groups excluding tert-OH is 1. The Bertz CT molecular complexity index is 1300. The van der Waals surface area contributed by atoms with Crippen LogP contribution in [0.1, 0.15) is 24.1 Å². The number of rotatable bonds is 7. The van der Waals surface area contributed by atoms with Crippen molar-refractivity contribution in [2.75, 3.05) is 25.7 Å². The molecule has 8 heteroatoms. The van der Waals surface area contributed by atoms with Gasteiger partial charge in [0.15, 0.2) is 11.5 Å². The van der Waals surface area contributed by atoms with Gasteiger partial charge in [-0.15, -0.1) is 0 Å². The van der Waals surface area contributed by atoms with Gasteiger partial charge in [-0.25, -0.2) is 4.39 Å². The standard InChI is InChI=1S/C27H24FNO6/c1-4-35-20-7-5-6-19(15-20)29-24(17-10-13-21(33-2)22(14-17)34-3)23(26(31)27(29)32)25(30)16-8-11-18(28)12-9-16/h5-15,24,30H,4H2,1-3H3/b25-23-. The molecule has 1 unspecified atom stereocenters. The molecule has 1 N–H and O–H groups in total. The van der Waals surface area contributed by atoms with E-state index in [2.05, 4.69) is 0 Å². The van der Waals surface area contributed by atoms with Crippen molar-refractivity contribution in [3.63, 3.8) is 0 Å². The van der Waals surface area contributed by atoms with Crippen molar-refractivity contribution in [1.82, 2.24) is 0 Å². The van der Waals surface area contributed by atoms with E-state index in [4.69, 9.17) is 14.2 Å². The fourth-order valence-electron chi connectivity index (χ4n) is 4.09. The number of methoxy groups -OCH3 is 2. The van der Waals surface area contributed by atoms with Crippen LogP contribution in [0.5, 0.6) is 17.2 Å². The number of carbonyl (C=O) groups excluding carboxylic acids is 2. The van der Waals surface area contributed by atoms with Crippen molar-refractivity contribution in [1.29, 1.82) is 0 Å². The monoisotopic (exact) mass is 477 g/mol. The van der Waals surface area contributed by atoms with Crippen LogP contribution in [0.25, 0.3) is 5.76 Å². The van der Waals surface area contributed by atoms with Gasteiger partial charge >= 0.3 is 0 Å². The van der Waals surface area contributed by atoms with Crippen LogP contribution < -0.4 is 19.1 Å². The Morgan fingerprint density at radius 1 is 0.971 bits per heavy atom. The quantitative estimate of drug-likeness (QED) is 0.297. The van der Waals surface area contributed by atoms with E-state index < -0.39 is 29.3 Å². The molecule has 1 amide bonds. The summed E-state index contributed by atoms with van der Waals surface area (Å²) < 4.78 is 29.8. The van der Waals surface area contributed by atoms with Crippen molar-refractivity contribution in [2.24, 2.45) is 0 Å². The van der Waals surface area contributed by atoms with Gasteiger partial charge in [-0.1, -0.05) is 12.1 Å². The summed E-state index contributed by atoms with van der Waals surface area (Å²) >= 11 is 0. The zero-order valence-corrected chi connectivity index (χ0v) is 19.4. The molecule has 180 valence electrons. The normalized spacial score (nSPS) is 16.9. The second-order valence-corrected chi connectivity index (χ2v) is 7.72. The summed E-state index contributed by atoms with van der Waals surface area (Å²) in [5.41, 5.74) is 0.997. The maximum Gasteiger partial charge on any atom is 0.300 e. The molecule has 4 rings (SSSR count). The number of Topliss-reactive ketones (excluding diaryl/α,β-unsaturated/α-hetero) is 1. The highest BCUT2D eigenvalue weighted by atomic mass is 19.1. The Balaban J connectivity index is 1.95. The van der Waals surface area contributed by atoms with Crippen molar-refractivity contribution < 1.29 is 33.3 Å². The maximum absolute atomic E-state index is 13.5. The fraction of sp³-hybridized carbons (Fsp3) is 0.185. The lowest BCUT2D eigenvalue weighted by Gasteiger charge is -2.26. The third-order valence-electron chi connectivity index (χ3n) is 5.69. The van der Waals surface area contributed by atoms with E-state index >= 15 is 0 Å². The molecule has 0 bridgehead atoms. The van der Waals surface area contributed by atoms with Gasteiger partial charge < -0.3 is 19.3 Å². The van der Waals surface area contributed by atoms with E-state index in [1.54, 1.807) is 42.5 Å². The van der Waals surface area contributed by atoms with Crippen LogP contribution in [0.3, 0.4) is 0 Å². The number of hydrogen-bond donors (Lipinski definition) is 1. The van der Waals surface area contributed by atoms with Crippen LogP contribution in [0.15, 0.2) is 72.3 Å². The maximum atomic E-state index is 13.5. The number of halogens is 1. The summed E-state index contributed by atoms with van der Waals surface area (Å²) in [7, 11) is 2.97. The Morgan fingerprint density at radius 2 is 1.69 bits per heavy atom. The molecule has 0 aromatic heterocycles. The van der Waals surface area contributed by atoms with Crippen LogP contribution in [0.2, 0.25) is 0 Å². The first-order chi connectivity index (χ1) is 16.9. The third kappa shape index (κ3) is 4.42. The predicted octanol–water partition coefficient (Wildman–Crippen LogP) is 4.87. The Hall–Kier alpha value is -4.33. The molecular formula is C27H24FNO6. The van der Waals surface area contributed by atoms with Crippen molar-refractivity contribution in [3.05, 3.63) is 89.2 Å². The SMILES string of the molecule is CCOc1cccc(N2C(=O)C(=O)/C(=C(\O)c3ccc(F)cc3)C2c2ccc(OC)c(OC)c2)c1. The highest BCUT2D eigenvalue weighted by Gasteiger charge is 2.47. The molecule has 0 radical (unpaired) electrons. The van der Waals surface area contributed by atoms with E-state index in [0.29, 0.717) is 35.1 Å². The van der Waals surface area contributed by atoms with Gasteiger partial charge in [0.2, 0.25) is 0 Å². The molecule has 3 aromatic rings. The summed E-state index contributed by atoms with van der Waals surface area (Å²) in [6.07, 6.45) is 0. The molecule has 1 aliphatic rings. The molecule has 35 heavy (non-hydrogen) atoms. The highest BCUT2D eigenvalue weighted by Crippen LogP contribution is 2.44. The minimum atomic E-state index is -0.989. The largest absolute Gasteiger partial charge is 0.507 e. The predicted molar refractivity (Wildman–Crippen MR) is 128 cm³/mol. The average Bonchev–Trinajstić information content (AvgIpc) is 3.14. The summed E-state index contributed by atoms with van der Waals surface area (Å²) in [6, 6.07) is 15.8. The molecule has 0 aliphatic carbocycles. The molecule has 1 fully saturated rings. The first-order valence-electron chi connectivity index (χ1n) is 10.9. The number of ether oxygens (including phenoxy) is 3. The van der Waals surface area contributed by atoms with Crippen LogP contribution in [0.4, 0.5) is 10.1 Å². The summed E-state index contributed by atoms with van der Waals surface area (Å²) in [5, 5.41) is 11.1. The lowest BCUT2D eigenvalue weighted by atomic mass is 9.94. The Morgan fingerprint density at radius 3 is 2.34 bits per heavy atom. The van der Waals surface area contributed by atoms with Crippen LogP contribution in [-0.2, 0) is 9.59 Å². The average molecular weight is 477 g/mol. The summed E-state index contributed by atoms with van der Waals surface area (Å²) in [6.45, 7) is 2.26. The summed E-state index contributed by atoms with van der Waals surface area (Å²) in [5.74, 6) is -1.21. The molecule has 1 heterocycles. The lowest BCUT2D eigenvalue weighted by Crippen LogP contribution is -2.29. The molecule has 1 atom stereocenters.